The van der Waals surface area contributed by atoms with Gasteiger partial charge in [-0.2, -0.15) is 0 Å². The number of rotatable bonds is 7. The number of nitrogens with one attached hydrogen (secondary N) is 3. The molecule has 130 valence electrons. The van der Waals surface area contributed by atoms with Gasteiger partial charge in [-0.1, -0.05) is 20.8 Å². The molecule has 22 heavy (non-hydrogen) atoms. The van der Waals surface area contributed by atoms with Crippen LogP contribution in [0.3, 0.4) is 0 Å². The van der Waals surface area contributed by atoms with Crippen LogP contribution in [0.5, 0.6) is 0 Å². The van der Waals surface area contributed by atoms with Gasteiger partial charge in [-0.3, -0.25) is 0 Å². The Morgan fingerprint density at radius 3 is 2.14 bits per heavy atom. The van der Waals surface area contributed by atoms with Crippen molar-refractivity contribution < 1.29 is 14.3 Å². The van der Waals surface area contributed by atoms with Gasteiger partial charge in [0.1, 0.15) is 5.60 Å². The van der Waals surface area contributed by atoms with Crippen LogP contribution in [-0.2, 0) is 4.74 Å². The van der Waals surface area contributed by atoms with Gasteiger partial charge in [0.25, 0.3) is 0 Å². The number of carbonyl (C=O) groups excluding carboxylic acids is 2. The van der Waals surface area contributed by atoms with Crippen molar-refractivity contribution in [2.75, 3.05) is 6.54 Å². The van der Waals surface area contributed by atoms with E-state index in [1.807, 2.05) is 34.6 Å². The van der Waals surface area contributed by atoms with Crippen molar-refractivity contribution in [1.82, 2.24) is 16.0 Å². The SMILES string of the molecule is CCC(C)NC(=O)NCC(CC(C)C)NC(=O)OC(C)(C)C. The first kappa shape index (κ1) is 20.5. The third-order valence-electron chi connectivity index (χ3n) is 2.98. The minimum Gasteiger partial charge on any atom is -0.444 e. The molecule has 0 aromatic heterocycles. The Bertz CT molecular complexity index is 351. The largest absolute Gasteiger partial charge is 0.444 e. The molecular weight excluding hydrogens is 282 g/mol. The first-order valence-electron chi connectivity index (χ1n) is 8.07. The molecule has 2 atom stereocenters. The van der Waals surface area contributed by atoms with Crippen molar-refractivity contribution in [2.45, 2.75) is 79.0 Å². The highest BCUT2D eigenvalue weighted by molar-refractivity contribution is 5.74. The molecule has 2 unspecified atom stereocenters. The molecule has 0 fully saturated rings. The molecule has 0 aliphatic heterocycles. The Morgan fingerprint density at radius 2 is 1.68 bits per heavy atom. The standard InChI is InChI=1S/C16H33N3O3/c1-8-12(4)18-14(20)17-10-13(9-11(2)3)19-15(21)22-16(5,6)7/h11-13H,8-10H2,1-7H3,(H,19,21)(H2,17,18,20). The zero-order valence-corrected chi connectivity index (χ0v) is 15.1. The summed E-state index contributed by atoms with van der Waals surface area (Å²) in [6.07, 6.45) is 1.18. The average molecular weight is 315 g/mol. The third kappa shape index (κ3) is 11.2. The number of urea groups is 1. The van der Waals surface area contributed by atoms with Crippen LogP contribution in [0.1, 0.15) is 61.3 Å². The van der Waals surface area contributed by atoms with Gasteiger partial charge in [0.15, 0.2) is 0 Å². The quantitative estimate of drug-likeness (QED) is 0.675. The van der Waals surface area contributed by atoms with Gasteiger partial charge in [0.2, 0.25) is 0 Å². The van der Waals surface area contributed by atoms with Crippen LogP contribution in [0, 0.1) is 5.92 Å². The van der Waals surface area contributed by atoms with Gasteiger partial charge in [0.05, 0.1) is 0 Å². The molecule has 0 aliphatic rings. The lowest BCUT2D eigenvalue weighted by Crippen LogP contribution is -2.49. The van der Waals surface area contributed by atoms with Crippen LogP contribution in [-0.4, -0.2) is 36.4 Å². The number of alkyl carbamates (subject to hydrolysis) is 1. The van der Waals surface area contributed by atoms with Crippen LogP contribution in [0.4, 0.5) is 9.59 Å². The lowest BCUT2D eigenvalue weighted by molar-refractivity contribution is 0.0498. The lowest BCUT2D eigenvalue weighted by atomic mass is 10.0. The number of hydrogen-bond donors (Lipinski definition) is 3. The smallest absolute Gasteiger partial charge is 0.407 e. The predicted molar refractivity (Wildman–Crippen MR) is 88.9 cm³/mol. The maximum absolute atomic E-state index is 11.9. The summed E-state index contributed by atoms with van der Waals surface area (Å²) in [4.78, 5) is 23.6. The monoisotopic (exact) mass is 315 g/mol. The normalized spacial score (nSPS) is 14.2. The summed E-state index contributed by atoms with van der Waals surface area (Å²) >= 11 is 0. The predicted octanol–water partition coefficient (Wildman–Crippen LogP) is 3.02. The first-order chi connectivity index (χ1) is 10.0. The summed E-state index contributed by atoms with van der Waals surface area (Å²) in [5.74, 6) is 0.402. The number of carbonyl (C=O) groups is 2. The molecule has 0 radical (unpaired) electrons. The van der Waals surface area contributed by atoms with Gasteiger partial charge in [-0.15, -0.1) is 0 Å². The summed E-state index contributed by atoms with van der Waals surface area (Å²) < 4.78 is 5.26. The highest BCUT2D eigenvalue weighted by Gasteiger charge is 2.20. The molecule has 0 aromatic carbocycles. The molecule has 0 spiro atoms. The number of ether oxygens (including phenoxy) is 1. The maximum atomic E-state index is 11.9. The highest BCUT2D eigenvalue weighted by atomic mass is 16.6. The highest BCUT2D eigenvalue weighted by Crippen LogP contribution is 2.09. The van der Waals surface area contributed by atoms with Crippen molar-refractivity contribution in [1.29, 1.82) is 0 Å². The van der Waals surface area contributed by atoms with E-state index in [0.717, 1.165) is 12.8 Å². The van der Waals surface area contributed by atoms with Gasteiger partial charge in [-0.25, -0.2) is 9.59 Å². The Morgan fingerprint density at radius 1 is 1.09 bits per heavy atom. The molecular formula is C16H33N3O3. The van der Waals surface area contributed by atoms with E-state index in [-0.39, 0.29) is 18.1 Å². The molecule has 0 bridgehead atoms. The Kier molecular flexibility index (Phi) is 8.90. The van der Waals surface area contributed by atoms with Gasteiger partial charge in [-0.05, 0) is 46.5 Å². The van der Waals surface area contributed by atoms with E-state index in [1.54, 1.807) is 0 Å². The maximum Gasteiger partial charge on any atom is 0.407 e. The van der Waals surface area contributed by atoms with E-state index < -0.39 is 11.7 Å². The van der Waals surface area contributed by atoms with E-state index >= 15 is 0 Å². The van der Waals surface area contributed by atoms with Crippen LogP contribution < -0.4 is 16.0 Å². The Balaban J connectivity index is 4.40. The lowest BCUT2D eigenvalue weighted by Gasteiger charge is -2.25. The van der Waals surface area contributed by atoms with Crippen LogP contribution in [0.15, 0.2) is 0 Å². The van der Waals surface area contributed by atoms with Crippen LogP contribution >= 0.6 is 0 Å². The minimum absolute atomic E-state index is 0.127. The molecule has 0 rings (SSSR count). The van der Waals surface area contributed by atoms with Gasteiger partial charge >= 0.3 is 12.1 Å². The van der Waals surface area contributed by atoms with Crippen LogP contribution in [0.2, 0.25) is 0 Å². The van der Waals surface area contributed by atoms with Crippen LogP contribution in [0.25, 0.3) is 0 Å². The van der Waals surface area contributed by atoms with E-state index in [4.69, 9.17) is 4.74 Å². The van der Waals surface area contributed by atoms with Crippen molar-refractivity contribution in [3.05, 3.63) is 0 Å². The second kappa shape index (κ2) is 9.54. The summed E-state index contributed by atoms with van der Waals surface area (Å²) in [6.45, 7) is 13.9. The second-order valence-electron chi connectivity index (χ2n) is 7.14. The minimum atomic E-state index is -0.534. The Labute approximate surface area is 134 Å². The first-order valence-corrected chi connectivity index (χ1v) is 8.07. The summed E-state index contributed by atoms with van der Waals surface area (Å²) in [5, 5.41) is 8.46. The molecule has 6 heteroatoms. The second-order valence-corrected chi connectivity index (χ2v) is 7.14. The van der Waals surface area contributed by atoms with Crippen molar-refractivity contribution in [3.63, 3.8) is 0 Å². The average Bonchev–Trinajstić information content (AvgIpc) is 2.32. The summed E-state index contributed by atoms with van der Waals surface area (Å²) in [6, 6.07) is -0.242. The topological polar surface area (TPSA) is 79.5 Å². The zero-order chi connectivity index (χ0) is 17.3. The Hall–Kier alpha value is -1.46. The van der Waals surface area contributed by atoms with E-state index in [2.05, 4.69) is 29.8 Å². The van der Waals surface area contributed by atoms with E-state index in [9.17, 15) is 9.59 Å². The van der Waals surface area contributed by atoms with Crippen molar-refractivity contribution in [3.8, 4) is 0 Å². The van der Waals surface area contributed by atoms with Gasteiger partial charge in [0, 0.05) is 18.6 Å². The molecule has 0 saturated carbocycles. The van der Waals surface area contributed by atoms with Gasteiger partial charge < -0.3 is 20.7 Å². The fourth-order valence-corrected chi connectivity index (χ4v) is 1.83. The third-order valence-corrected chi connectivity index (χ3v) is 2.98. The van der Waals surface area contributed by atoms with Crippen molar-refractivity contribution >= 4 is 12.1 Å². The molecule has 3 N–H and O–H groups in total. The summed E-state index contributed by atoms with van der Waals surface area (Å²) in [5.41, 5.74) is -0.534. The molecule has 0 aromatic rings. The molecule has 0 saturated heterocycles. The molecule has 3 amide bonds. The van der Waals surface area contributed by atoms with E-state index in [1.165, 1.54) is 0 Å². The fourth-order valence-electron chi connectivity index (χ4n) is 1.83. The molecule has 0 aliphatic carbocycles. The van der Waals surface area contributed by atoms with E-state index in [0.29, 0.717) is 12.5 Å². The summed E-state index contributed by atoms with van der Waals surface area (Å²) in [7, 11) is 0. The fraction of sp³-hybridized carbons (Fsp3) is 0.875. The zero-order valence-electron chi connectivity index (χ0n) is 15.1. The number of hydrogen-bond acceptors (Lipinski definition) is 3. The van der Waals surface area contributed by atoms with Crippen molar-refractivity contribution in [2.24, 2.45) is 5.92 Å². The molecule has 0 heterocycles. The molecule has 6 nitrogen and oxygen atoms in total. The number of amides is 3.